The zero-order valence-electron chi connectivity index (χ0n) is 25.2. The quantitative estimate of drug-likeness (QED) is 0.215. The lowest BCUT2D eigenvalue weighted by molar-refractivity contribution is -0.171. The van der Waals surface area contributed by atoms with Gasteiger partial charge in [0, 0.05) is 19.3 Å². The SMILES string of the molecule is CN1CCC(c2ccc(C(=O)Nc3n[nH]c4ccc(Sc5cc(F)ccc5F)nc34)c(N(C(=O)C(F)(F)F)C3CCOCC3)c2)CC1. The number of piperidine rings is 1. The third-order valence-electron chi connectivity index (χ3n) is 8.46. The first-order chi connectivity index (χ1) is 22.5. The number of ether oxygens (including phenoxy) is 1. The van der Waals surface area contributed by atoms with Gasteiger partial charge in [0.2, 0.25) is 0 Å². The Labute approximate surface area is 270 Å². The van der Waals surface area contributed by atoms with Crippen LogP contribution in [0.3, 0.4) is 0 Å². The molecule has 2 aromatic heterocycles. The van der Waals surface area contributed by atoms with E-state index >= 15 is 0 Å². The molecule has 2 aliphatic heterocycles. The van der Waals surface area contributed by atoms with Crippen LogP contribution in [0.15, 0.2) is 58.5 Å². The molecule has 0 saturated carbocycles. The lowest BCUT2D eigenvalue weighted by Crippen LogP contribution is -2.50. The van der Waals surface area contributed by atoms with Crippen LogP contribution in [0.4, 0.5) is 33.5 Å². The Bertz CT molecular complexity index is 1790. The van der Waals surface area contributed by atoms with Gasteiger partial charge in [0.1, 0.15) is 22.2 Å². The number of likely N-dealkylation sites (tertiary alicyclic amines) is 1. The minimum atomic E-state index is -5.19. The van der Waals surface area contributed by atoms with Crippen molar-refractivity contribution < 1.29 is 36.3 Å². The standard InChI is InChI=1S/C32H31F5N6O3S/c1-42-12-8-18(9-13-42)19-2-4-22(25(16-19)43(31(45)32(35,36)37)21-10-14-46-15-11-21)30(44)39-29-28-24(40-41-29)6-7-27(38-28)47-26-17-20(33)3-5-23(26)34/h2-7,16-18,21H,8-15H2,1H3,(H2,39,40,41,44). The minimum Gasteiger partial charge on any atom is -0.381 e. The second kappa shape index (κ2) is 13.6. The number of alkyl halides is 3. The smallest absolute Gasteiger partial charge is 0.381 e. The Morgan fingerprint density at radius 2 is 1.77 bits per heavy atom. The number of pyridine rings is 1. The van der Waals surface area contributed by atoms with Crippen LogP contribution in [0.5, 0.6) is 0 Å². The zero-order valence-corrected chi connectivity index (χ0v) is 26.1. The molecule has 0 aliphatic carbocycles. The highest BCUT2D eigenvalue weighted by atomic mass is 32.2. The molecule has 2 fully saturated rings. The highest BCUT2D eigenvalue weighted by Gasteiger charge is 2.46. The number of hydrogen-bond acceptors (Lipinski definition) is 7. The van der Waals surface area contributed by atoms with Crippen LogP contribution in [-0.2, 0) is 9.53 Å². The van der Waals surface area contributed by atoms with Crippen LogP contribution in [0.25, 0.3) is 11.0 Å². The molecule has 15 heteroatoms. The average Bonchev–Trinajstić information content (AvgIpc) is 3.45. The number of anilines is 2. The zero-order chi connectivity index (χ0) is 33.3. The van der Waals surface area contributed by atoms with Gasteiger partial charge in [-0.3, -0.25) is 14.7 Å². The average molecular weight is 675 g/mol. The summed E-state index contributed by atoms with van der Waals surface area (Å²) in [7, 11) is 2.00. The number of carbonyl (C=O) groups is 2. The first kappa shape index (κ1) is 32.8. The van der Waals surface area contributed by atoms with Crippen molar-refractivity contribution in [1.82, 2.24) is 20.1 Å². The number of benzene rings is 2. The van der Waals surface area contributed by atoms with E-state index in [1.165, 1.54) is 12.1 Å². The number of hydrogen-bond donors (Lipinski definition) is 2. The third kappa shape index (κ3) is 7.26. The molecule has 248 valence electrons. The Morgan fingerprint density at radius 1 is 1.02 bits per heavy atom. The van der Waals surface area contributed by atoms with Crippen LogP contribution in [-0.4, -0.2) is 77.5 Å². The minimum absolute atomic E-state index is 0.00260. The van der Waals surface area contributed by atoms with E-state index < -0.39 is 35.7 Å². The molecule has 47 heavy (non-hydrogen) atoms. The van der Waals surface area contributed by atoms with E-state index in [1.807, 2.05) is 7.05 Å². The van der Waals surface area contributed by atoms with Gasteiger partial charge in [-0.05, 0) is 99.8 Å². The third-order valence-corrected chi connectivity index (χ3v) is 9.42. The maximum Gasteiger partial charge on any atom is 0.471 e. The fourth-order valence-electron chi connectivity index (χ4n) is 5.96. The highest BCUT2D eigenvalue weighted by molar-refractivity contribution is 7.99. The molecule has 0 spiro atoms. The number of aromatic amines is 1. The summed E-state index contributed by atoms with van der Waals surface area (Å²) in [5.41, 5.74) is 1.07. The number of aromatic nitrogens is 3. The van der Waals surface area contributed by atoms with Gasteiger partial charge in [-0.2, -0.15) is 18.3 Å². The Kier molecular flexibility index (Phi) is 9.48. The summed E-state index contributed by atoms with van der Waals surface area (Å²) >= 11 is 0.869. The van der Waals surface area contributed by atoms with Gasteiger partial charge in [-0.25, -0.2) is 13.8 Å². The van der Waals surface area contributed by atoms with Gasteiger partial charge >= 0.3 is 12.1 Å². The van der Waals surface area contributed by atoms with E-state index in [2.05, 4.69) is 25.4 Å². The molecule has 2 saturated heterocycles. The number of amides is 2. The Hall–Kier alpha value is -4.08. The van der Waals surface area contributed by atoms with Crippen molar-refractivity contribution in [2.75, 3.05) is 43.6 Å². The topological polar surface area (TPSA) is 103 Å². The number of rotatable bonds is 7. The predicted octanol–water partition coefficient (Wildman–Crippen LogP) is 6.52. The summed E-state index contributed by atoms with van der Waals surface area (Å²) in [5.74, 6) is -4.11. The van der Waals surface area contributed by atoms with E-state index in [0.717, 1.165) is 61.5 Å². The molecule has 2 N–H and O–H groups in total. The second-order valence-corrected chi connectivity index (χ2v) is 12.7. The molecular weight excluding hydrogens is 643 g/mol. The summed E-state index contributed by atoms with van der Waals surface area (Å²) < 4.78 is 75.7. The number of nitrogens with one attached hydrogen (secondary N) is 2. The van der Waals surface area contributed by atoms with Crippen molar-refractivity contribution in [1.29, 1.82) is 0 Å². The lowest BCUT2D eigenvalue weighted by atomic mass is 9.88. The first-order valence-corrected chi connectivity index (χ1v) is 15.9. The van der Waals surface area contributed by atoms with Crippen LogP contribution < -0.4 is 10.2 Å². The fraction of sp³-hybridized carbons (Fsp3) is 0.375. The van der Waals surface area contributed by atoms with Crippen molar-refractivity contribution in [2.24, 2.45) is 0 Å². The summed E-state index contributed by atoms with van der Waals surface area (Å²) in [5, 5.41) is 9.79. The Morgan fingerprint density at radius 3 is 2.49 bits per heavy atom. The number of halogens is 5. The molecular formula is C32H31F5N6O3S. The van der Waals surface area contributed by atoms with Gasteiger partial charge in [0.15, 0.2) is 5.82 Å². The number of H-pyrrole nitrogens is 1. The predicted molar refractivity (Wildman–Crippen MR) is 166 cm³/mol. The van der Waals surface area contributed by atoms with Crippen LogP contribution in [0, 0.1) is 11.6 Å². The summed E-state index contributed by atoms with van der Waals surface area (Å²) in [6, 6.07) is 10.1. The molecule has 6 rings (SSSR count). The monoisotopic (exact) mass is 674 g/mol. The van der Waals surface area contributed by atoms with Gasteiger partial charge in [0.05, 0.1) is 21.7 Å². The van der Waals surface area contributed by atoms with Gasteiger partial charge in [0.25, 0.3) is 5.91 Å². The van der Waals surface area contributed by atoms with Crippen molar-refractivity contribution in [3.05, 3.63) is 71.3 Å². The maximum atomic E-state index is 14.3. The molecule has 2 aliphatic rings. The molecule has 0 atom stereocenters. The summed E-state index contributed by atoms with van der Waals surface area (Å²) in [6.45, 7) is 1.96. The first-order valence-electron chi connectivity index (χ1n) is 15.1. The molecule has 4 aromatic rings. The van der Waals surface area contributed by atoms with E-state index in [4.69, 9.17) is 4.74 Å². The van der Waals surface area contributed by atoms with Crippen LogP contribution in [0.1, 0.15) is 47.5 Å². The molecule has 0 bridgehead atoms. The van der Waals surface area contributed by atoms with Crippen molar-refractivity contribution in [2.45, 2.75) is 53.7 Å². The van der Waals surface area contributed by atoms with E-state index in [-0.39, 0.29) is 64.5 Å². The van der Waals surface area contributed by atoms with Crippen LogP contribution in [0.2, 0.25) is 0 Å². The van der Waals surface area contributed by atoms with Gasteiger partial charge in [-0.15, -0.1) is 0 Å². The molecule has 0 radical (unpaired) electrons. The number of nitrogens with zero attached hydrogens (tertiary/aromatic N) is 4. The molecule has 9 nitrogen and oxygen atoms in total. The summed E-state index contributed by atoms with van der Waals surface area (Å²) in [4.78, 5) is 34.3. The highest BCUT2D eigenvalue weighted by Crippen LogP contribution is 2.37. The lowest BCUT2D eigenvalue weighted by Gasteiger charge is -2.36. The molecule has 4 heterocycles. The van der Waals surface area contributed by atoms with Gasteiger partial charge in [-0.1, -0.05) is 17.8 Å². The summed E-state index contributed by atoms with van der Waals surface area (Å²) in [6.07, 6.45) is -3.30. The normalized spacial score (nSPS) is 16.8. The maximum absolute atomic E-state index is 14.3. The number of fused-ring (bicyclic) bond motifs is 1. The van der Waals surface area contributed by atoms with E-state index in [1.54, 1.807) is 18.2 Å². The largest absolute Gasteiger partial charge is 0.471 e. The fourth-order valence-corrected chi connectivity index (χ4v) is 6.79. The van der Waals surface area contributed by atoms with E-state index in [0.29, 0.717) is 10.4 Å². The molecule has 2 amide bonds. The van der Waals surface area contributed by atoms with Crippen molar-refractivity contribution in [3.8, 4) is 0 Å². The van der Waals surface area contributed by atoms with Crippen molar-refractivity contribution >= 4 is 46.1 Å². The van der Waals surface area contributed by atoms with Gasteiger partial charge < -0.3 is 19.9 Å². The Balaban J connectivity index is 1.37. The van der Waals surface area contributed by atoms with E-state index in [9.17, 15) is 31.5 Å². The molecule has 0 unspecified atom stereocenters. The van der Waals surface area contributed by atoms with Crippen molar-refractivity contribution in [3.63, 3.8) is 0 Å². The number of carbonyl (C=O) groups excluding carboxylic acids is 2. The molecule has 2 aromatic carbocycles. The van der Waals surface area contributed by atoms with Crippen LogP contribution >= 0.6 is 11.8 Å². The second-order valence-electron chi connectivity index (χ2n) is 11.6.